The summed E-state index contributed by atoms with van der Waals surface area (Å²) in [7, 11) is 0. The van der Waals surface area contributed by atoms with Crippen LogP contribution >= 0.6 is 0 Å². The van der Waals surface area contributed by atoms with Gasteiger partial charge in [-0.15, -0.1) is 0 Å². The highest BCUT2D eigenvalue weighted by atomic mass is 16.3. The van der Waals surface area contributed by atoms with E-state index in [-0.39, 0.29) is 5.92 Å². The first-order valence-electron chi connectivity index (χ1n) is 8.76. The summed E-state index contributed by atoms with van der Waals surface area (Å²) < 4.78 is 2.01. The molecule has 1 unspecified atom stereocenters. The Bertz CT molecular complexity index is 759. The standard InChI is InChI=1S/C19H23N5O/c25-18(19-21-7-8-22-19)16-5-10-23(11-6-16)13-15-1-3-17(4-2-15)24-12-9-20-14-24/h1-4,7-9,12,14,16,18,25H,5-6,10-11,13H2,(H,21,22). The maximum Gasteiger partial charge on any atom is 0.135 e. The lowest BCUT2D eigenvalue weighted by atomic mass is 9.90. The Morgan fingerprint density at radius 3 is 2.60 bits per heavy atom. The van der Waals surface area contributed by atoms with Crippen LogP contribution < -0.4 is 0 Å². The van der Waals surface area contributed by atoms with Crippen molar-refractivity contribution in [2.75, 3.05) is 13.1 Å². The van der Waals surface area contributed by atoms with E-state index in [0.29, 0.717) is 5.82 Å². The Balaban J connectivity index is 1.31. The van der Waals surface area contributed by atoms with Crippen molar-refractivity contribution in [3.63, 3.8) is 0 Å². The van der Waals surface area contributed by atoms with Gasteiger partial charge in [-0.25, -0.2) is 9.97 Å². The topological polar surface area (TPSA) is 70.0 Å². The van der Waals surface area contributed by atoms with Gasteiger partial charge in [0, 0.05) is 37.0 Å². The number of imidazole rings is 2. The van der Waals surface area contributed by atoms with Crippen molar-refractivity contribution in [3.05, 3.63) is 66.8 Å². The van der Waals surface area contributed by atoms with E-state index in [1.165, 1.54) is 5.56 Å². The molecule has 4 rings (SSSR count). The highest BCUT2D eigenvalue weighted by molar-refractivity contribution is 5.34. The summed E-state index contributed by atoms with van der Waals surface area (Å²) in [6.07, 6.45) is 10.5. The molecule has 1 fully saturated rings. The van der Waals surface area contributed by atoms with Crippen molar-refractivity contribution in [2.24, 2.45) is 5.92 Å². The van der Waals surface area contributed by atoms with Gasteiger partial charge in [-0.3, -0.25) is 4.90 Å². The Morgan fingerprint density at radius 2 is 1.96 bits per heavy atom. The van der Waals surface area contributed by atoms with Crippen LogP contribution in [0.1, 0.15) is 30.3 Å². The number of aromatic nitrogens is 4. The quantitative estimate of drug-likeness (QED) is 0.751. The predicted octanol–water partition coefficient (Wildman–Crippen LogP) is 2.54. The summed E-state index contributed by atoms with van der Waals surface area (Å²) in [5.41, 5.74) is 2.44. The summed E-state index contributed by atoms with van der Waals surface area (Å²) >= 11 is 0. The zero-order valence-corrected chi connectivity index (χ0v) is 14.1. The van der Waals surface area contributed by atoms with E-state index < -0.39 is 6.10 Å². The number of H-pyrrole nitrogens is 1. The van der Waals surface area contributed by atoms with Crippen LogP contribution in [-0.2, 0) is 6.54 Å². The van der Waals surface area contributed by atoms with Gasteiger partial charge >= 0.3 is 0 Å². The maximum atomic E-state index is 10.4. The third-order valence-electron chi connectivity index (χ3n) is 5.02. The van der Waals surface area contributed by atoms with Crippen LogP contribution in [0, 0.1) is 5.92 Å². The molecular weight excluding hydrogens is 314 g/mol. The molecule has 25 heavy (non-hydrogen) atoms. The first-order valence-corrected chi connectivity index (χ1v) is 8.76. The molecule has 1 aliphatic heterocycles. The average Bonchev–Trinajstić information content (AvgIpc) is 3.36. The molecular formula is C19H23N5O. The van der Waals surface area contributed by atoms with Crippen LogP contribution in [-0.4, -0.2) is 42.6 Å². The molecule has 2 N–H and O–H groups in total. The monoisotopic (exact) mass is 337 g/mol. The summed E-state index contributed by atoms with van der Waals surface area (Å²) in [5, 5.41) is 10.4. The predicted molar refractivity (Wildman–Crippen MR) is 95.1 cm³/mol. The van der Waals surface area contributed by atoms with Crippen LogP contribution in [0.4, 0.5) is 0 Å². The number of aromatic amines is 1. The van der Waals surface area contributed by atoms with Gasteiger partial charge in [0.1, 0.15) is 11.9 Å². The number of hydrogen-bond acceptors (Lipinski definition) is 4. The Hall–Kier alpha value is -2.44. The summed E-state index contributed by atoms with van der Waals surface area (Å²) in [5.74, 6) is 0.972. The molecule has 0 amide bonds. The molecule has 1 saturated heterocycles. The lowest BCUT2D eigenvalue weighted by molar-refractivity contribution is 0.0515. The van der Waals surface area contributed by atoms with E-state index in [9.17, 15) is 5.11 Å². The van der Waals surface area contributed by atoms with Gasteiger partial charge in [-0.1, -0.05) is 12.1 Å². The van der Waals surface area contributed by atoms with Crippen molar-refractivity contribution >= 4 is 0 Å². The maximum absolute atomic E-state index is 10.4. The summed E-state index contributed by atoms with van der Waals surface area (Å²) in [6.45, 7) is 2.96. The second-order valence-corrected chi connectivity index (χ2v) is 6.67. The molecule has 1 aromatic carbocycles. The number of aliphatic hydroxyl groups is 1. The van der Waals surface area contributed by atoms with Gasteiger partial charge in [0.25, 0.3) is 0 Å². The smallest absolute Gasteiger partial charge is 0.135 e. The first kappa shape index (κ1) is 16.1. The van der Waals surface area contributed by atoms with E-state index in [2.05, 4.69) is 44.1 Å². The highest BCUT2D eigenvalue weighted by Crippen LogP contribution is 2.29. The minimum absolute atomic E-state index is 0.283. The van der Waals surface area contributed by atoms with Crippen LogP contribution in [0.5, 0.6) is 0 Å². The lowest BCUT2D eigenvalue weighted by Gasteiger charge is -2.33. The SMILES string of the molecule is OC(c1ncc[nH]1)C1CCN(Cc2ccc(-n3ccnc3)cc2)CC1. The van der Waals surface area contributed by atoms with Crippen molar-refractivity contribution in [3.8, 4) is 5.69 Å². The van der Waals surface area contributed by atoms with E-state index in [1.54, 1.807) is 18.6 Å². The molecule has 6 heteroatoms. The molecule has 130 valence electrons. The molecule has 0 spiro atoms. The van der Waals surface area contributed by atoms with Crippen LogP contribution in [0.3, 0.4) is 0 Å². The third-order valence-corrected chi connectivity index (χ3v) is 5.02. The summed E-state index contributed by atoms with van der Waals surface area (Å²) in [4.78, 5) is 13.7. The third kappa shape index (κ3) is 3.65. The number of hydrogen-bond donors (Lipinski definition) is 2. The average molecular weight is 337 g/mol. The largest absolute Gasteiger partial charge is 0.385 e. The second-order valence-electron chi connectivity index (χ2n) is 6.67. The highest BCUT2D eigenvalue weighted by Gasteiger charge is 2.27. The Kier molecular flexibility index (Phi) is 4.63. The zero-order valence-electron chi connectivity index (χ0n) is 14.1. The molecule has 3 aromatic rings. The van der Waals surface area contributed by atoms with Crippen molar-refractivity contribution in [1.29, 1.82) is 0 Å². The van der Waals surface area contributed by atoms with Crippen molar-refractivity contribution < 1.29 is 5.11 Å². The number of nitrogens with zero attached hydrogens (tertiary/aromatic N) is 4. The van der Waals surface area contributed by atoms with Crippen molar-refractivity contribution in [2.45, 2.75) is 25.5 Å². The van der Waals surface area contributed by atoms with E-state index >= 15 is 0 Å². The molecule has 0 aliphatic carbocycles. The molecule has 1 atom stereocenters. The van der Waals surface area contributed by atoms with E-state index in [1.807, 2.05) is 17.1 Å². The fourth-order valence-electron chi connectivity index (χ4n) is 3.53. The van der Waals surface area contributed by atoms with Gasteiger partial charge in [0.15, 0.2) is 0 Å². The lowest BCUT2D eigenvalue weighted by Crippen LogP contribution is -2.35. The molecule has 6 nitrogen and oxygen atoms in total. The second kappa shape index (κ2) is 7.21. The van der Waals surface area contributed by atoms with Gasteiger partial charge in [-0.2, -0.15) is 0 Å². The van der Waals surface area contributed by atoms with E-state index in [0.717, 1.165) is 38.2 Å². The molecule has 1 aliphatic rings. The number of nitrogens with one attached hydrogen (secondary N) is 1. The van der Waals surface area contributed by atoms with Crippen LogP contribution in [0.25, 0.3) is 5.69 Å². The first-order chi connectivity index (χ1) is 12.3. The number of aliphatic hydroxyl groups excluding tert-OH is 1. The minimum Gasteiger partial charge on any atom is -0.385 e. The van der Waals surface area contributed by atoms with Gasteiger partial charge in [-0.05, 0) is 49.5 Å². The number of piperidine rings is 1. The van der Waals surface area contributed by atoms with Gasteiger partial charge in [0.05, 0.1) is 6.33 Å². The molecule has 0 bridgehead atoms. The Labute approximate surface area is 147 Å². The fourth-order valence-corrected chi connectivity index (χ4v) is 3.53. The van der Waals surface area contributed by atoms with Gasteiger partial charge in [0.2, 0.25) is 0 Å². The number of rotatable bonds is 5. The van der Waals surface area contributed by atoms with Crippen molar-refractivity contribution in [1.82, 2.24) is 24.4 Å². The normalized spacial score (nSPS) is 17.6. The van der Waals surface area contributed by atoms with Gasteiger partial charge < -0.3 is 14.7 Å². The Morgan fingerprint density at radius 1 is 1.16 bits per heavy atom. The molecule has 2 aromatic heterocycles. The number of benzene rings is 1. The fraction of sp³-hybridized carbons (Fsp3) is 0.368. The molecule has 0 radical (unpaired) electrons. The van der Waals surface area contributed by atoms with Crippen LogP contribution in [0.15, 0.2) is 55.4 Å². The minimum atomic E-state index is -0.480. The molecule has 3 heterocycles. The van der Waals surface area contributed by atoms with Crippen LogP contribution in [0.2, 0.25) is 0 Å². The number of likely N-dealkylation sites (tertiary alicyclic amines) is 1. The van der Waals surface area contributed by atoms with E-state index in [4.69, 9.17) is 0 Å². The zero-order chi connectivity index (χ0) is 17.1. The summed E-state index contributed by atoms with van der Waals surface area (Å²) in [6, 6.07) is 8.62. The molecule has 0 saturated carbocycles.